The average molecular weight is 490 g/mol. The number of anilines is 1. The Labute approximate surface area is 195 Å². The standard InChI is InChI=1S/C24H22F3N3O3S/c25-24(26,27)19-7-3-5-17(15-19)23(31)29-20-9-11-21(12-10-20)34(32,33)30-14-2-1-8-22(30)18-6-4-13-28-16-18/h3-7,9-13,15-16,22H,1-2,8,14H2,(H,29,31)/t22-/m1/s1. The number of alkyl halides is 3. The molecule has 10 heteroatoms. The molecule has 0 spiro atoms. The van der Waals surface area contributed by atoms with Crippen LogP contribution >= 0.6 is 0 Å². The van der Waals surface area contributed by atoms with E-state index in [0.717, 1.165) is 36.6 Å². The quantitative estimate of drug-likeness (QED) is 0.530. The number of amides is 1. The lowest BCUT2D eigenvalue weighted by Crippen LogP contribution is -2.38. The number of halogens is 3. The van der Waals surface area contributed by atoms with Gasteiger partial charge in [0, 0.05) is 30.2 Å². The van der Waals surface area contributed by atoms with Gasteiger partial charge in [0.05, 0.1) is 16.5 Å². The minimum atomic E-state index is -4.56. The predicted molar refractivity (Wildman–Crippen MR) is 121 cm³/mol. The van der Waals surface area contributed by atoms with Crippen molar-refractivity contribution in [2.45, 2.75) is 36.4 Å². The van der Waals surface area contributed by atoms with Crippen LogP contribution in [0.4, 0.5) is 18.9 Å². The maximum Gasteiger partial charge on any atom is 0.416 e. The van der Waals surface area contributed by atoms with Gasteiger partial charge in [-0.15, -0.1) is 0 Å². The molecular formula is C24H22F3N3O3S. The van der Waals surface area contributed by atoms with Gasteiger partial charge in [0.15, 0.2) is 0 Å². The summed E-state index contributed by atoms with van der Waals surface area (Å²) in [5, 5.41) is 2.51. The summed E-state index contributed by atoms with van der Waals surface area (Å²) in [7, 11) is -3.81. The number of hydrogen-bond donors (Lipinski definition) is 1. The topological polar surface area (TPSA) is 79.4 Å². The predicted octanol–water partition coefficient (Wildman–Crippen LogP) is 5.27. The van der Waals surface area contributed by atoms with Gasteiger partial charge in [-0.1, -0.05) is 18.6 Å². The number of sulfonamides is 1. The first kappa shape index (κ1) is 23.9. The van der Waals surface area contributed by atoms with Crippen molar-refractivity contribution in [2.24, 2.45) is 0 Å². The molecule has 0 unspecified atom stereocenters. The molecule has 2 aromatic carbocycles. The van der Waals surface area contributed by atoms with E-state index in [2.05, 4.69) is 10.3 Å². The molecule has 1 amide bonds. The van der Waals surface area contributed by atoms with Crippen molar-refractivity contribution in [1.29, 1.82) is 0 Å². The summed E-state index contributed by atoms with van der Waals surface area (Å²) in [6, 6.07) is 13.0. The number of rotatable bonds is 5. The van der Waals surface area contributed by atoms with Crippen molar-refractivity contribution in [3.05, 3.63) is 89.7 Å². The van der Waals surface area contributed by atoms with E-state index in [1.807, 2.05) is 6.07 Å². The molecule has 0 radical (unpaired) electrons. The third-order valence-electron chi connectivity index (χ3n) is 5.69. The zero-order valence-electron chi connectivity index (χ0n) is 18.0. The van der Waals surface area contributed by atoms with Gasteiger partial charge < -0.3 is 5.32 Å². The van der Waals surface area contributed by atoms with Crippen LogP contribution in [0.25, 0.3) is 0 Å². The average Bonchev–Trinajstić information content (AvgIpc) is 2.84. The Morgan fingerprint density at radius 1 is 1.03 bits per heavy atom. The molecule has 1 saturated heterocycles. The normalized spacial score (nSPS) is 17.3. The Bertz CT molecular complexity index is 1260. The molecule has 0 saturated carbocycles. The summed E-state index contributed by atoms with van der Waals surface area (Å²) < 4.78 is 66.9. The highest BCUT2D eigenvalue weighted by molar-refractivity contribution is 7.89. The molecule has 1 fully saturated rings. The third kappa shape index (κ3) is 5.13. The summed E-state index contributed by atoms with van der Waals surface area (Å²) in [6.45, 7) is 0.385. The fourth-order valence-corrected chi connectivity index (χ4v) is 5.67. The minimum absolute atomic E-state index is 0.0698. The van der Waals surface area contributed by atoms with Gasteiger partial charge in [-0.05, 0) is 66.9 Å². The summed E-state index contributed by atoms with van der Waals surface area (Å²) in [6.07, 6.45) is 1.10. The first-order valence-corrected chi connectivity index (χ1v) is 12.1. The Kier molecular flexibility index (Phi) is 6.72. The molecular weight excluding hydrogens is 467 g/mol. The Hall–Kier alpha value is -3.24. The van der Waals surface area contributed by atoms with E-state index >= 15 is 0 Å². The second-order valence-corrected chi connectivity index (χ2v) is 9.86. The van der Waals surface area contributed by atoms with Crippen LogP contribution in [-0.2, 0) is 16.2 Å². The SMILES string of the molecule is O=C(Nc1ccc(S(=O)(=O)N2CCCC[C@@H]2c2cccnc2)cc1)c1cccc(C(F)(F)F)c1. The maximum absolute atomic E-state index is 13.4. The molecule has 6 nitrogen and oxygen atoms in total. The highest BCUT2D eigenvalue weighted by Gasteiger charge is 2.34. The van der Waals surface area contributed by atoms with E-state index in [9.17, 15) is 26.4 Å². The molecule has 4 rings (SSSR count). The summed E-state index contributed by atoms with van der Waals surface area (Å²) in [4.78, 5) is 16.6. The number of piperidine rings is 1. The molecule has 2 heterocycles. The first-order valence-electron chi connectivity index (χ1n) is 10.7. The zero-order chi connectivity index (χ0) is 24.3. The fourth-order valence-electron chi connectivity index (χ4n) is 3.98. The van der Waals surface area contributed by atoms with Crippen LogP contribution in [0.2, 0.25) is 0 Å². The van der Waals surface area contributed by atoms with Gasteiger partial charge in [-0.2, -0.15) is 17.5 Å². The van der Waals surface area contributed by atoms with Crippen LogP contribution < -0.4 is 5.32 Å². The van der Waals surface area contributed by atoms with Crippen LogP contribution in [0.15, 0.2) is 78.0 Å². The van der Waals surface area contributed by atoms with Crippen LogP contribution in [0.5, 0.6) is 0 Å². The van der Waals surface area contributed by atoms with Crippen LogP contribution in [-0.4, -0.2) is 30.2 Å². The van der Waals surface area contributed by atoms with E-state index in [4.69, 9.17) is 0 Å². The van der Waals surface area contributed by atoms with Gasteiger partial charge in [0.1, 0.15) is 0 Å². The Morgan fingerprint density at radius 2 is 1.79 bits per heavy atom. The number of benzene rings is 2. The number of carbonyl (C=O) groups is 1. The smallest absolute Gasteiger partial charge is 0.322 e. The van der Waals surface area contributed by atoms with E-state index in [1.165, 1.54) is 34.6 Å². The maximum atomic E-state index is 13.4. The largest absolute Gasteiger partial charge is 0.416 e. The van der Waals surface area contributed by atoms with Crippen molar-refractivity contribution in [3.63, 3.8) is 0 Å². The molecule has 34 heavy (non-hydrogen) atoms. The van der Waals surface area contributed by atoms with Gasteiger partial charge in [0.2, 0.25) is 10.0 Å². The Morgan fingerprint density at radius 3 is 2.47 bits per heavy atom. The highest BCUT2D eigenvalue weighted by Crippen LogP contribution is 2.35. The van der Waals surface area contributed by atoms with Crippen LogP contribution in [0, 0.1) is 0 Å². The second kappa shape index (κ2) is 9.55. The summed E-state index contributed by atoms with van der Waals surface area (Å²) in [5.41, 5.74) is 0.0185. The van der Waals surface area contributed by atoms with E-state index in [0.29, 0.717) is 13.0 Å². The van der Waals surface area contributed by atoms with Gasteiger partial charge >= 0.3 is 6.18 Å². The first-order chi connectivity index (χ1) is 16.2. The van der Waals surface area contributed by atoms with Crippen molar-refractivity contribution >= 4 is 21.6 Å². The summed E-state index contributed by atoms with van der Waals surface area (Å²) in [5.74, 6) is -0.727. The van der Waals surface area contributed by atoms with E-state index in [1.54, 1.807) is 18.5 Å². The van der Waals surface area contributed by atoms with Gasteiger partial charge in [-0.25, -0.2) is 8.42 Å². The van der Waals surface area contributed by atoms with Crippen molar-refractivity contribution in [1.82, 2.24) is 9.29 Å². The number of aromatic nitrogens is 1. The fraction of sp³-hybridized carbons (Fsp3) is 0.250. The van der Waals surface area contributed by atoms with Gasteiger partial charge in [-0.3, -0.25) is 9.78 Å². The number of carbonyl (C=O) groups excluding carboxylic acids is 1. The van der Waals surface area contributed by atoms with Gasteiger partial charge in [0.25, 0.3) is 5.91 Å². The lowest BCUT2D eigenvalue weighted by molar-refractivity contribution is -0.137. The zero-order valence-corrected chi connectivity index (χ0v) is 18.8. The molecule has 1 aliphatic rings. The minimum Gasteiger partial charge on any atom is -0.322 e. The van der Waals surface area contributed by atoms with E-state index < -0.39 is 27.7 Å². The van der Waals surface area contributed by atoms with Crippen molar-refractivity contribution in [2.75, 3.05) is 11.9 Å². The molecule has 0 aliphatic carbocycles. The molecule has 0 bridgehead atoms. The number of nitrogens with zero attached hydrogens (tertiary/aromatic N) is 2. The van der Waals surface area contributed by atoms with Crippen LogP contribution in [0.1, 0.15) is 46.8 Å². The molecule has 1 N–H and O–H groups in total. The number of pyridine rings is 1. The monoisotopic (exact) mass is 489 g/mol. The lowest BCUT2D eigenvalue weighted by atomic mass is 9.99. The van der Waals surface area contributed by atoms with Crippen molar-refractivity contribution in [3.8, 4) is 0 Å². The number of hydrogen-bond acceptors (Lipinski definition) is 4. The van der Waals surface area contributed by atoms with E-state index in [-0.39, 0.29) is 22.2 Å². The summed E-state index contributed by atoms with van der Waals surface area (Å²) >= 11 is 0. The second-order valence-electron chi connectivity index (χ2n) is 7.97. The highest BCUT2D eigenvalue weighted by atomic mass is 32.2. The molecule has 1 aliphatic heterocycles. The van der Waals surface area contributed by atoms with Crippen molar-refractivity contribution < 1.29 is 26.4 Å². The Balaban J connectivity index is 1.52. The molecule has 1 aromatic heterocycles. The molecule has 3 aromatic rings. The molecule has 1 atom stereocenters. The third-order valence-corrected chi connectivity index (χ3v) is 7.62. The lowest BCUT2D eigenvalue weighted by Gasteiger charge is -2.34. The van der Waals surface area contributed by atoms with Crippen LogP contribution in [0.3, 0.4) is 0 Å². The number of nitrogens with one attached hydrogen (secondary N) is 1. The molecule has 178 valence electrons.